The van der Waals surface area contributed by atoms with E-state index in [0.29, 0.717) is 18.7 Å². The van der Waals surface area contributed by atoms with Crippen molar-refractivity contribution in [1.82, 2.24) is 4.90 Å². The van der Waals surface area contributed by atoms with Gasteiger partial charge in [-0.1, -0.05) is 28.1 Å². The molecular weight excluding hydrogens is 296 g/mol. The van der Waals surface area contributed by atoms with Crippen molar-refractivity contribution in [3.05, 3.63) is 35.4 Å². The third-order valence-electron chi connectivity index (χ3n) is 2.44. The first-order valence-electron chi connectivity index (χ1n) is 5.46. The first kappa shape index (κ1) is 14.7. The Morgan fingerprint density at radius 1 is 1.61 bits per heavy atom. The number of ether oxygens (including phenoxy) is 1. The van der Waals surface area contributed by atoms with Crippen molar-refractivity contribution in [3.8, 4) is 6.07 Å². The summed E-state index contributed by atoms with van der Waals surface area (Å²) in [6.45, 7) is 1.22. The molecule has 0 spiro atoms. The van der Waals surface area contributed by atoms with E-state index in [4.69, 9.17) is 5.26 Å². The SMILES string of the molecule is COC(=O)C(Br)CN(C)Cc1cccc(C#N)c1. The van der Waals surface area contributed by atoms with Gasteiger partial charge in [-0.25, -0.2) is 0 Å². The van der Waals surface area contributed by atoms with E-state index in [0.717, 1.165) is 5.56 Å². The van der Waals surface area contributed by atoms with Crippen LogP contribution in [-0.2, 0) is 16.1 Å². The molecule has 1 unspecified atom stereocenters. The highest BCUT2D eigenvalue weighted by Gasteiger charge is 2.17. The fourth-order valence-corrected chi connectivity index (χ4v) is 2.27. The Bertz CT molecular complexity index is 457. The van der Waals surface area contributed by atoms with E-state index in [1.165, 1.54) is 7.11 Å². The summed E-state index contributed by atoms with van der Waals surface area (Å²) in [4.78, 5) is 12.9. The molecule has 96 valence electrons. The molecule has 0 aliphatic rings. The number of methoxy groups -OCH3 is 1. The molecule has 1 aromatic rings. The van der Waals surface area contributed by atoms with E-state index >= 15 is 0 Å². The third kappa shape index (κ3) is 4.47. The molecule has 0 saturated heterocycles. The van der Waals surface area contributed by atoms with E-state index in [9.17, 15) is 4.79 Å². The Kier molecular flexibility index (Phi) is 5.83. The molecule has 0 aliphatic carbocycles. The third-order valence-corrected chi connectivity index (χ3v) is 3.10. The number of esters is 1. The van der Waals surface area contributed by atoms with Crippen molar-refractivity contribution in [2.24, 2.45) is 0 Å². The van der Waals surface area contributed by atoms with Crippen molar-refractivity contribution in [1.29, 1.82) is 5.26 Å². The van der Waals surface area contributed by atoms with Gasteiger partial charge in [-0.15, -0.1) is 0 Å². The van der Waals surface area contributed by atoms with E-state index in [2.05, 4.69) is 26.7 Å². The van der Waals surface area contributed by atoms with Crippen LogP contribution in [0.3, 0.4) is 0 Å². The number of benzene rings is 1. The number of rotatable bonds is 5. The summed E-state index contributed by atoms with van der Waals surface area (Å²) in [6.07, 6.45) is 0. The van der Waals surface area contributed by atoms with Crippen LogP contribution in [0, 0.1) is 11.3 Å². The highest BCUT2D eigenvalue weighted by Crippen LogP contribution is 2.09. The summed E-state index contributed by atoms with van der Waals surface area (Å²) in [7, 11) is 3.28. The quantitative estimate of drug-likeness (QED) is 0.616. The minimum absolute atomic E-state index is 0.285. The van der Waals surface area contributed by atoms with Gasteiger partial charge < -0.3 is 9.64 Å². The van der Waals surface area contributed by atoms with E-state index in [1.807, 2.05) is 30.1 Å². The van der Waals surface area contributed by atoms with Crippen molar-refractivity contribution >= 4 is 21.9 Å². The molecule has 5 heteroatoms. The maximum absolute atomic E-state index is 11.3. The molecule has 0 aliphatic heterocycles. The normalized spacial score (nSPS) is 11.9. The Hall–Kier alpha value is -1.38. The molecular formula is C13H15BrN2O2. The zero-order valence-corrected chi connectivity index (χ0v) is 12.0. The summed E-state index contributed by atoms with van der Waals surface area (Å²) in [6, 6.07) is 9.53. The van der Waals surface area contributed by atoms with E-state index < -0.39 is 0 Å². The van der Waals surface area contributed by atoms with Gasteiger partial charge in [-0.2, -0.15) is 5.26 Å². The number of alkyl halides is 1. The molecule has 1 atom stereocenters. The largest absolute Gasteiger partial charge is 0.468 e. The van der Waals surface area contributed by atoms with E-state index in [-0.39, 0.29) is 10.8 Å². The van der Waals surface area contributed by atoms with Crippen LogP contribution in [0.4, 0.5) is 0 Å². The van der Waals surface area contributed by atoms with Gasteiger partial charge in [0.1, 0.15) is 4.83 Å². The highest BCUT2D eigenvalue weighted by molar-refractivity contribution is 9.10. The molecule has 0 N–H and O–H groups in total. The number of halogens is 1. The first-order chi connectivity index (χ1) is 8.56. The molecule has 1 rings (SSSR count). The van der Waals surface area contributed by atoms with Crippen LogP contribution < -0.4 is 0 Å². The highest BCUT2D eigenvalue weighted by atomic mass is 79.9. The van der Waals surface area contributed by atoms with Crippen LogP contribution in [0.2, 0.25) is 0 Å². The fourth-order valence-electron chi connectivity index (χ4n) is 1.59. The number of hydrogen-bond acceptors (Lipinski definition) is 4. The predicted octanol–water partition coefficient (Wildman–Crippen LogP) is 1.93. The van der Waals surface area contributed by atoms with Crippen molar-refractivity contribution in [2.75, 3.05) is 20.7 Å². The summed E-state index contributed by atoms with van der Waals surface area (Å²) < 4.78 is 4.64. The minimum atomic E-state index is -0.341. The molecule has 1 aromatic carbocycles. The fraction of sp³-hybridized carbons (Fsp3) is 0.385. The van der Waals surface area contributed by atoms with Gasteiger partial charge >= 0.3 is 5.97 Å². The predicted molar refractivity (Wildman–Crippen MR) is 72.2 cm³/mol. The van der Waals surface area contributed by atoms with Crippen LogP contribution >= 0.6 is 15.9 Å². The number of carbonyl (C=O) groups excluding carboxylic acids is 1. The molecule has 0 bridgehead atoms. The Labute approximate surface area is 115 Å². The Morgan fingerprint density at radius 3 is 2.94 bits per heavy atom. The first-order valence-corrected chi connectivity index (χ1v) is 6.38. The van der Waals surface area contributed by atoms with E-state index in [1.54, 1.807) is 6.07 Å². The average Bonchev–Trinajstić information content (AvgIpc) is 2.37. The zero-order valence-electron chi connectivity index (χ0n) is 10.4. The minimum Gasteiger partial charge on any atom is -0.468 e. The molecule has 0 saturated carbocycles. The van der Waals surface area contributed by atoms with Crippen LogP contribution in [0.15, 0.2) is 24.3 Å². The topological polar surface area (TPSA) is 53.3 Å². The van der Waals surface area contributed by atoms with Crippen molar-refractivity contribution < 1.29 is 9.53 Å². The molecule has 0 radical (unpaired) electrons. The van der Waals surface area contributed by atoms with Crippen LogP contribution in [-0.4, -0.2) is 36.4 Å². The second-order valence-corrected chi connectivity index (χ2v) is 5.10. The number of hydrogen-bond donors (Lipinski definition) is 0. The monoisotopic (exact) mass is 310 g/mol. The second kappa shape index (κ2) is 7.14. The maximum atomic E-state index is 11.3. The van der Waals surface area contributed by atoms with Crippen LogP contribution in [0.1, 0.15) is 11.1 Å². The van der Waals surface area contributed by atoms with Crippen molar-refractivity contribution in [2.45, 2.75) is 11.4 Å². The lowest BCUT2D eigenvalue weighted by Gasteiger charge is -2.19. The molecule has 4 nitrogen and oxygen atoms in total. The average molecular weight is 311 g/mol. The van der Waals surface area contributed by atoms with Gasteiger partial charge in [0.25, 0.3) is 0 Å². The van der Waals surface area contributed by atoms with Gasteiger partial charge in [0.2, 0.25) is 0 Å². The van der Waals surface area contributed by atoms with Gasteiger partial charge in [-0.05, 0) is 24.7 Å². The molecule has 18 heavy (non-hydrogen) atoms. The summed E-state index contributed by atoms with van der Waals surface area (Å²) in [5.41, 5.74) is 1.69. The summed E-state index contributed by atoms with van der Waals surface area (Å²) in [5, 5.41) is 8.81. The molecule has 0 amide bonds. The smallest absolute Gasteiger partial charge is 0.320 e. The molecule has 0 fully saturated rings. The van der Waals surface area contributed by atoms with Gasteiger partial charge in [0.05, 0.1) is 18.7 Å². The van der Waals surface area contributed by atoms with Crippen molar-refractivity contribution in [3.63, 3.8) is 0 Å². The standard InChI is InChI=1S/C13H15BrN2O2/c1-16(9-12(14)13(17)18-2)8-11-5-3-4-10(6-11)7-15/h3-6,12H,8-9H2,1-2H3. The maximum Gasteiger partial charge on any atom is 0.320 e. The second-order valence-electron chi connectivity index (χ2n) is 4.00. The molecule has 0 heterocycles. The van der Waals surface area contributed by atoms with Gasteiger partial charge in [-0.3, -0.25) is 4.79 Å². The summed E-state index contributed by atoms with van der Waals surface area (Å²) in [5.74, 6) is -0.285. The van der Waals surface area contributed by atoms with Crippen LogP contribution in [0.5, 0.6) is 0 Å². The zero-order chi connectivity index (χ0) is 13.5. The lowest BCUT2D eigenvalue weighted by atomic mass is 10.1. The Balaban J connectivity index is 2.56. The Morgan fingerprint density at radius 2 is 2.33 bits per heavy atom. The molecule has 0 aromatic heterocycles. The van der Waals surface area contributed by atoms with Gasteiger partial charge in [0.15, 0.2) is 0 Å². The number of carbonyl (C=O) groups is 1. The number of nitriles is 1. The van der Waals surface area contributed by atoms with Crippen LogP contribution in [0.25, 0.3) is 0 Å². The number of nitrogens with zero attached hydrogens (tertiary/aromatic N) is 2. The summed E-state index contributed by atoms with van der Waals surface area (Å²) >= 11 is 3.28. The lowest BCUT2D eigenvalue weighted by molar-refractivity contribution is -0.140. The van der Waals surface area contributed by atoms with Gasteiger partial charge in [0, 0.05) is 13.1 Å². The lowest BCUT2D eigenvalue weighted by Crippen LogP contribution is -2.31.